The predicted molar refractivity (Wildman–Crippen MR) is 90.3 cm³/mol. The van der Waals surface area contributed by atoms with Crippen LogP contribution in [0.3, 0.4) is 0 Å². The van der Waals surface area contributed by atoms with Crippen LogP contribution in [0.1, 0.15) is 25.3 Å². The molecule has 7 heteroatoms. The first-order valence-corrected chi connectivity index (χ1v) is 7.89. The zero-order chi connectivity index (χ0) is 17.5. The Morgan fingerprint density at radius 3 is 2.50 bits per heavy atom. The molecule has 0 radical (unpaired) electrons. The third-order valence-electron chi connectivity index (χ3n) is 4.05. The number of hydrazone groups is 1. The molecule has 130 valence electrons. The summed E-state index contributed by atoms with van der Waals surface area (Å²) >= 11 is 0. The quantitative estimate of drug-likeness (QED) is 0.513. The van der Waals surface area contributed by atoms with E-state index in [4.69, 9.17) is 9.47 Å². The highest BCUT2D eigenvalue weighted by atomic mass is 16.5. The maximum atomic E-state index is 12.0. The van der Waals surface area contributed by atoms with Crippen molar-refractivity contribution in [2.45, 2.75) is 19.8 Å². The molecule has 0 spiro atoms. The van der Waals surface area contributed by atoms with Gasteiger partial charge >= 0.3 is 11.8 Å². The molecule has 1 N–H and O–H groups in total. The Balaban J connectivity index is 1.91. The molecule has 1 aliphatic rings. The van der Waals surface area contributed by atoms with E-state index in [1.807, 2.05) is 0 Å². The molecule has 1 heterocycles. The van der Waals surface area contributed by atoms with Crippen molar-refractivity contribution in [1.29, 1.82) is 0 Å². The van der Waals surface area contributed by atoms with E-state index in [-0.39, 0.29) is 0 Å². The summed E-state index contributed by atoms with van der Waals surface area (Å²) in [7, 11) is 3.09. The smallest absolute Gasteiger partial charge is 0.329 e. The Morgan fingerprint density at radius 1 is 1.21 bits per heavy atom. The van der Waals surface area contributed by atoms with Gasteiger partial charge in [-0.3, -0.25) is 9.59 Å². The van der Waals surface area contributed by atoms with Gasteiger partial charge in [0.25, 0.3) is 0 Å². The first-order chi connectivity index (χ1) is 11.5. The maximum absolute atomic E-state index is 12.0. The van der Waals surface area contributed by atoms with Gasteiger partial charge in [-0.25, -0.2) is 5.43 Å². The number of carbonyl (C=O) groups is 2. The Morgan fingerprint density at radius 2 is 1.88 bits per heavy atom. The molecule has 7 nitrogen and oxygen atoms in total. The van der Waals surface area contributed by atoms with E-state index in [9.17, 15) is 9.59 Å². The number of carbonyl (C=O) groups excluding carboxylic acids is 2. The highest BCUT2D eigenvalue weighted by Crippen LogP contribution is 2.26. The van der Waals surface area contributed by atoms with Gasteiger partial charge in [-0.2, -0.15) is 5.10 Å². The topological polar surface area (TPSA) is 80.2 Å². The van der Waals surface area contributed by atoms with Gasteiger partial charge in [-0.15, -0.1) is 0 Å². The van der Waals surface area contributed by atoms with E-state index in [0.29, 0.717) is 36.1 Å². The summed E-state index contributed by atoms with van der Waals surface area (Å²) in [5.74, 6) is 0.507. The third-order valence-corrected chi connectivity index (χ3v) is 4.05. The van der Waals surface area contributed by atoms with Crippen LogP contribution in [0.5, 0.6) is 11.5 Å². The molecule has 1 aliphatic heterocycles. The molecule has 0 aliphatic carbocycles. The van der Waals surface area contributed by atoms with Gasteiger partial charge in [-0.1, -0.05) is 6.92 Å². The molecular weight excluding hydrogens is 310 g/mol. The fourth-order valence-corrected chi connectivity index (χ4v) is 2.50. The summed E-state index contributed by atoms with van der Waals surface area (Å²) in [5.41, 5.74) is 2.99. The lowest BCUT2D eigenvalue weighted by Gasteiger charge is -2.29. The van der Waals surface area contributed by atoms with E-state index < -0.39 is 11.8 Å². The van der Waals surface area contributed by atoms with Crippen LogP contribution in [0.4, 0.5) is 0 Å². The van der Waals surface area contributed by atoms with Crippen molar-refractivity contribution < 1.29 is 19.1 Å². The fraction of sp³-hybridized carbons (Fsp3) is 0.471. The normalized spacial score (nSPS) is 15.4. The zero-order valence-electron chi connectivity index (χ0n) is 14.2. The van der Waals surface area contributed by atoms with Gasteiger partial charge in [0.1, 0.15) is 0 Å². The van der Waals surface area contributed by atoms with Crippen molar-refractivity contribution in [2.75, 3.05) is 27.3 Å². The average molecular weight is 333 g/mol. The van der Waals surface area contributed by atoms with E-state index in [0.717, 1.165) is 12.8 Å². The highest BCUT2D eigenvalue weighted by molar-refractivity contribution is 6.35. The molecule has 1 aromatic rings. The second kappa shape index (κ2) is 8.33. The van der Waals surface area contributed by atoms with Crippen molar-refractivity contribution in [2.24, 2.45) is 11.0 Å². The second-order valence-corrected chi connectivity index (χ2v) is 5.79. The van der Waals surface area contributed by atoms with Gasteiger partial charge in [0.05, 0.1) is 20.4 Å². The predicted octanol–water partition coefficient (Wildman–Crippen LogP) is 1.41. The van der Waals surface area contributed by atoms with E-state index >= 15 is 0 Å². The number of methoxy groups -OCH3 is 2. The Kier molecular flexibility index (Phi) is 6.17. The fourth-order valence-electron chi connectivity index (χ4n) is 2.50. The summed E-state index contributed by atoms with van der Waals surface area (Å²) in [6.07, 6.45) is 3.30. The van der Waals surface area contributed by atoms with Gasteiger partial charge in [0, 0.05) is 13.1 Å². The number of hydrogen-bond donors (Lipinski definition) is 1. The van der Waals surface area contributed by atoms with Gasteiger partial charge in [0.15, 0.2) is 11.5 Å². The van der Waals surface area contributed by atoms with Crippen LogP contribution < -0.4 is 14.9 Å². The van der Waals surface area contributed by atoms with Gasteiger partial charge in [0.2, 0.25) is 0 Å². The van der Waals surface area contributed by atoms with E-state index in [1.54, 1.807) is 37.3 Å². The summed E-state index contributed by atoms with van der Waals surface area (Å²) in [4.78, 5) is 25.5. The molecular formula is C17H23N3O4. The third kappa shape index (κ3) is 4.47. The molecule has 0 bridgehead atoms. The summed E-state index contributed by atoms with van der Waals surface area (Å²) in [6, 6.07) is 5.23. The number of hydrogen-bond acceptors (Lipinski definition) is 5. The first kappa shape index (κ1) is 17.8. The van der Waals surface area contributed by atoms with Crippen LogP contribution in [0.15, 0.2) is 23.3 Å². The number of piperidine rings is 1. The lowest BCUT2D eigenvalue weighted by Crippen LogP contribution is -2.45. The van der Waals surface area contributed by atoms with Crippen molar-refractivity contribution in [3.63, 3.8) is 0 Å². The van der Waals surface area contributed by atoms with Gasteiger partial charge < -0.3 is 14.4 Å². The molecule has 2 rings (SSSR count). The molecule has 0 unspecified atom stereocenters. The van der Waals surface area contributed by atoms with Crippen molar-refractivity contribution >= 4 is 18.0 Å². The average Bonchev–Trinajstić information content (AvgIpc) is 2.61. The van der Waals surface area contributed by atoms with E-state index in [2.05, 4.69) is 17.5 Å². The highest BCUT2D eigenvalue weighted by Gasteiger charge is 2.25. The SMILES string of the molecule is COc1ccc(/C=N/NC(=O)C(=O)N2CCC(C)CC2)cc1OC. The minimum absolute atomic E-state index is 0.536. The summed E-state index contributed by atoms with van der Waals surface area (Å²) in [5, 5.41) is 3.83. The molecule has 1 fully saturated rings. The van der Waals surface area contributed by atoms with Crippen LogP contribution in [-0.4, -0.2) is 50.2 Å². The molecule has 0 aromatic heterocycles. The van der Waals surface area contributed by atoms with Crippen LogP contribution in [-0.2, 0) is 9.59 Å². The molecule has 2 amide bonds. The molecule has 1 aromatic carbocycles. The Hall–Kier alpha value is -2.57. The molecule has 0 saturated carbocycles. The minimum Gasteiger partial charge on any atom is -0.493 e. The Bertz CT molecular complexity index is 622. The van der Waals surface area contributed by atoms with Crippen LogP contribution in [0.2, 0.25) is 0 Å². The number of likely N-dealkylation sites (tertiary alicyclic amines) is 1. The van der Waals surface area contributed by atoms with Crippen LogP contribution in [0.25, 0.3) is 0 Å². The number of ether oxygens (including phenoxy) is 2. The standard InChI is InChI=1S/C17H23N3O4/c1-12-6-8-20(9-7-12)17(22)16(21)19-18-11-13-4-5-14(23-2)15(10-13)24-3/h4-5,10-12H,6-9H2,1-3H3,(H,19,21)/b18-11+. The minimum atomic E-state index is -0.721. The zero-order valence-corrected chi connectivity index (χ0v) is 14.2. The van der Waals surface area contributed by atoms with E-state index in [1.165, 1.54) is 6.21 Å². The summed E-state index contributed by atoms with van der Waals surface area (Å²) < 4.78 is 10.3. The number of nitrogens with zero attached hydrogens (tertiary/aromatic N) is 2. The number of nitrogens with one attached hydrogen (secondary N) is 1. The van der Waals surface area contributed by atoms with Crippen molar-refractivity contribution in [3.05, 3.63) is 23.8 Å². The number of benzene rings is 1. The van der Waals surface area contributed by atoms with Crippen LogP contribution >= 0.6 is 0 Å². The van der Waals surface area contributed by atoms with Crippen LogP contribution in [0, 0.1) is 5.92 Å². The number of rotatable bonds is 4. The number of amides is 2. The summed E-state index contributed by atoms with van der Waals surface area (Å²) in [6.45, 7) is 3.38. The van der Waals surface area contributed by atoms with Crippen molar-refractivity contribution in [1.82, 2.24) is 10.3 Å². The molecule has 1 saturated heterocycles. The Labute approximate surface area is 141 Å². The van der Waals surface area contributed by atoms with Crippen molar-refractivity contribution in [3.8, 4) is 11.5 Å². The first-order valence-electron chi connectivity index (χ1n) is 7.89. The molecule has 0 atom stereocenters. The van der Waals surface area contributed by atoms with Gasteiger partial charge in [-0.05, 0) is 42.5 Å². The lowest BCUT2D eigenvalue weighted by molar-refractivity contribution is -0.146. The lowest BCUT2D eigenvalue weighted by atomic mass is 9.99. The second-order valence-electron chi connectivity index (χ2n) is 5.79. The maximum Gasteiger partial charge on any atom is 0.329 e. The largest absolute Gasteiger partial charge is 0.493 e. The molecule has 24 heavy (non-hydrogen) atoms. The monoisotopic (exact) mass is 333 g/mol.